The lowest BCUT2D eigenvalue weighted by molar-refractivity contribution is -0.136. The van der Waals surface area contributed by atoms with Crippen LogP contribution in [-0.4, -0.2) is 89.3 Å². The number of rotatable bonds is 18. The molecule has 3 amide bonds. The molecule has 0 radical (unpaired) electrons. The minimum absolute atomic E-state index is 0.0206. The summed E-state index contributed by atoms with van der Waals surface area (Å²) in [6, 6.07) is 7.72. The Morgan fingerprint density at radius 3 is 2.47 bits per heavy atom. The second-order valence-corrected chi connectivity index (χ2v) is 12.8. The van der Waals surface area contributed by atoms with Crippen molar-refractivity contribution in [3.63, 3.8) is 0 Å². The number of thiazole rings is 1. The number of amides is 3. The van der Waals surface area contributed by atoms with Crippen LogP contribution in [0.15, 0.2) is 41.2 Å². The Bertz CT molecular complexity index is 1220. The predicted molar refractivity (Wildman–Crippen MR) is 176 cm³/mol. The van der Waals surface area contributed by atoms with Crippen LogP contribution in [0.3, 0.4) is 0 Å². The largest absolute Gasteiger partial charge is 0.389 e. The van der Waals surface area contributed by atoms with Crippen molar-refractivity contribution in [2.75, 3.05) is 27.2 Å². The summed E-state index contributed by atoms with van der Waals surface area (Å²) in [4.78, 5) is 46.8. The summed E-state index contributed by atoms with van der Waals surface area (Å²) in [5.41, 5.74) is 3.21. The van der Waals surface area contributed by atoms with Crippen molar-refractivity contribution >= 4 is 29.1 Å². The number of aliphatic hydroxyl groups excluding tert-OH is 2. The van der Waals surface area contributed by atoms with E-state index in [0.29, 0.717) is 37.5 Å². The lowest BCUT2D eigenvalue weighted by Gasteiger charge is -2.33. The lowest BCUT2D eigenvalue weighted by atomic mass is 9.82. The van der Waals surface area contributed by atoms with Gasteiger partial charge in [-0.2, -0.15) is 0 Å². The molecule has 2 unspecified atom stereocenters. The summed E-state index contributed by atoms with van der Waals surface area (Å²) in [6.45, 7) is 1.12. The number of benzene rings is 1. The van der Waals surface area contributed by atoms with E-state index in [1.807, 2.05) is 42.8 Å². The third-order valence-corrected chi connectivity index (χ3v) is 9.18. The van der Waals surface area contributed by atoms with Gasteiger partial charge in [0.05, 0.1) is 29.3 Å². The molecule has 10 nitrogen and oxygen atoms in total. The van der Waals surface area contributed by atoms with Crippen LogP contribution < -0.4 is 16.0 Å². The van der Waals surface area contributed by atoms with E-state index in [1.54, 1.807) is 17.5 Å². The molecule has 11 heteroatoms. The minimum Gasteiger partial charge on any atom is -0.389 e. The Labute approximate surface area is 271 Å². The second-order valence-electron chi connectivity index (χ2n) is 12.1. The first-order valence-electron chi connectivity index (χ1n) is 15.9. The summed E-state index contributed by atoms with van der Waals surface area (Å²) in [5, 5.41) is 32.3. The Balaban J connectivity index is 1.82. The van der Waals surface area contributed by atoms with Gasteiger partial charge in [-0.3, -0.25) is 14.4 Å². The maximum absolute atomic E-state index is 13.9. The number of hydrogen-bond acceptors (Lipinski definition) is 8. The van der Waals surface area contributed by atoms with E-state index in [4.69, 9.17) is 6.42 Å². The van der Waals surface area contributed by atoms with Gasteiger partial charge in [0, 0.05) is 44.8 Å². The molecule has 5 atom stereocenters. The Hall–Kier alpha value is -3.30. The van der Waals surface area contributed by atoms with Crippen LogP contribution in [0.4, 0.5) is 0 Å². The average Bonchev–Trinajstić information content (AvgIpc) is 3.56. The molecule has 1 aromatic carbocycles. The topological polar surface area (TPSA) is 144 Å². The zero-order valence-electron chi connectivity index (χ0n) is 26.5. The number of aromatic nitrogens is 1. The molecule has 1 heterocycles. The Morgan fingerprint density at radius 2 is 1.82 bits per heavy atom. The summed E-state index contributed by atoms with van der Waals surface area (Å²) in [6.07, 6.45) is 9.13. The summed E-state index contributed by atoms with van der Waals surface area (Å²) in [5.74, 6) is 0.893. The molecule has 2 aromatic rings. The van der Waals surface area contributed by atoms with E-state index in [9.17, 15) is 24.6 Å². The zero-order valence-corrected chi connectivity index (χ0v) is 27.3. The molecule has 45 heavy (non-hydrogen) atoms. The van der Waals surface area contributed by atoms with Crippen LogP contribution in [0.5, 0.6) is 0 Å². The molecule has 1 saturated carbocycles. The molecule has 3 rings (SSSR count). The highest BCUT2D eigenvalue weighted by Crippen LogP contribution is 2.29. The van der Waals surface area contributed by atoms with E-state index >= 15 is 0 Å². The fourth-order valence-corrected chi connectivity index (χ4v) is 6.40. The molecule has 1 aromatic heterocycles. The minimum atomic E-state index is -1.26. The highest BCUT2D eigenvalue weighted by molar-refractivity contribution is 7.07. The van der Waals surface area contributed by atoms with Crippen LogP contribution in [0.25, 0.3) is 0 Å². The van der Waals surface area contributed by atoms with Crippen molar-refractivity contribution in [3.05, 3.63) is 52.5 Å². The van der Waals surface area contributed by atoms with Crippen LogP contribution >= 0.6 is 11.3 Å². The fourth-order valence-electron chi connectivity index (χ4n) is 5.83. The van der Waals surface area contributed by atoms with Gasteiger partial charge in [-0.25, -0.2) is 4.98 Å². The van der Waals surface area contributed by atoms with Gasteiger partial charge in [0.2, 0.25) is 17.7 Å². The standard InChI is InChI=1S/C34H49N5O5S/c1-4-11-30(40)32(42)28(19-25-14-9-6-10-15-25)37-34(44)29(21-27-22-45-23-36-27)38-33(43)26(18-24-12-7-5-8-13-24)20-31(41)39(3)17-16-35-2/h1,5,7-8,12-13,22-23,25-26,28-30,32,35,40,42H,6,9-11,14-21H2,2-3H3,(H,37,44)(H,38,43)/t26?,28?,29-,30-,32+/m0/s1. The number of aliphatic hydroxyl groups is 2. The summed E-state index contributed by atoms with van der Waals surface area (Å²) < 4.78 is 0. The molecule has 246 valence electrons. The first-order chi connectivity index (χ1) is 21.7. The Morgan fingerprint density at radius 1 is 1.09 bits per heavy atom. The van der Waals surface area contributed by atoms with Crippen molar-refractivity contribution in [1.29, 1.82) is 0 Å². The SMILES string of the molecule is C#CC[C@H](O)[C@H](O)C(CC1CCCCC1)NC(=O)[C@H](Cc1cscn1)NC(=O)C(CC(=O)N(C)CCNC)Cc1ccccc1. The fraction of sp³-hybridized carbons (Fsp3) is 0.588. The quantitative estimate of drug-likeness (QED) is 0.158. The monoisotopic (exact) mass is 639 g/mol. The predicted octanol–water partition coefficient (Wildman–Crippen LogP) is 2.30. The highest BCUT2D eigenvalue weighted by atomic mass is 32.1. The van der Waals surface area contributed by atoms with Gasteiger partial charge in [-0.05, 0) is 31.4 Å². The number of nitrogens with one attached hydrogen (secondary N) is 3. The van der Waals surface area contributed by atoms with Crippen LogP contribution in [0.1, 0.15) is 62.6 Å². The summed E-state index contributed by atoms with van der Waals surface area (Å²) in [7, 11) is 3.52. The van der Waals surface area contributed by atoms with Crippen molar-refractivity contribution in [1.82, 2.24) is 25.8 Å². The van der Waals surface area contributed by atoms with Gasteiger partial charge < -0.3 is 31.1 Å². The van der Waals surface area contributed by atoms with Crippen LogP contribution in [0.2, 0.25) is 0 Å². The number of carbonyl (C=O) groups is 3. The van der Waals surface area contributed by atoms with Crippen LogP contribution in [0, 0.1) is 24.2 Å². The normalized spacial score (nSPS) is 16.9. The molecule has 0 bridgehead atoms. The van der Waals surface area contributed by atoms with E-state index in [1.165, 1.54) is 11.3 Å². The average molecular weight is 640 g/mol. The van der Waals surface area contributed by atoms with Gasteiger partial charge in [-0.15, -0.1) is 23.7 Å². The van der Waals surface area contributed by atoms with Gasteiger partial charge >= 0.3 is 0 Å². The number of hydrogen-bond donors (Lipinski definition) is 5. The second kappa shape index (κ2) is 19.3. The molecule has 0 aliphatic heterocycles. The molecule has 1 aliphatic rings. The zero-order chi connectivity index (χ0) is 32.6. The molecular weight excluding hydrogens is 590 g/mol. The van der Waals surface area contributed by atoms with Crippen molar-refractivity contribution in [2.45, 2.75) is 88.5 Å². The first kappa shape index (κ1) is 36.2. The molecule has 1 aliphatic carbocycles. The van der Waals surface area contributed by atoms with Gasteiger partial charge in [-0.1, -0.05) is 62.4 Å². The third kappa shape index (κ3) is 12.2. The molecule has 0 spiro atoms. The van der Waals surface area contributed by atoms with E-state index in [0.717, 1.165) is 37.7 Å². The van der Waals surface area contributed by atoms with Crippen molar-refractivity contribution in [3.8, 4) is 12.3 Å². The van der Waals surface area contributed by atoms with Crippen molar-refractivity contribution < 1.29 is 24.6 Å². The smallest absolute Gasteiger partial charge is 0.243 e. The van der Waals surface area contributed by atoms with Gasteiger partial charge in [0.15, 0.2) is 0 Å². The number of carbonyl (C=O) groups excluding carboxylic acids is 3. The van der Waals surface area contributed by atoms with Crippen LogP contribution in [-0.2, 0) is 27.2 Å². The first-order valence-corrected chi connectivity index (χ1v) is 16.9. The number of terminal acetylenes is 1. The van der Waals surface area contributed by atoms with E-state index in [2.05, 4.69) is 26.9 Å². The van der Waals surface area contributed by atoms with Gasteiger partial charge in [0.25, 0.3) is 0 Å². The highest BCUT2D eigenvalue weighted by Gasteiger charge is 2.34. The maximum atomic E-state index is 13.9. The number of likely N-dealkylation sites (N-methyl/N-ethyl adjacent to an activating group) is 2. The maximum Gasteiger partial charge on any atom is 0.243 e. The molecule has 1 fully saturated rings. The number of nitrogens with zero attached hydrogens (tertiary/aromatic N) is 2. The summed E-state index contributed by atoms with van der Waals surface area (Å²) >= 11 is 1.39. The third-order valence-electron chi connectivity index (χ3n) is 8.54. The van der Waals surface area contributed by atoms with Gasteiger partial charge in [0.1, 0.15) is 12.1 Å². The van der Waals surface area contributed by atoms with E-state index < -0.39 is 42.0 Å². The van der Waals surface area contributed by atoms with Crippen molar-refractivity contribution in [2.24, 2.45) is 11.8 Å². The van der Waals surface area contributed by atoms with E-state index in [-0.39, 0.29) is 25.2 Å². The molecular formula is C34H49N5O5S. The molecule has 0 saturated heterocycles. The molecule has 5 N–H and O–H groups in total. The lowest BCUT2D eigenvalue weighted by Crippen LogP contribution is -2.56. The Kier molecular flexibility index (Phi) is 15.5.